The smallest absolute Gasteiger partial charge is 0.259 e. The summed E-state index contributed by atoms with van der Waals surface area (Å²) >= 11 is 0. The Morgan fingerprint density at radius 3 is 2.61 bits per heavy atom. The Bertz CT molecular complexity index is 1650. The standard InChI is InChI=1S/C28H23N5O3/c1-2-19-14-23(34)32-26(29-19)18-9-6-10-20(13-18)30-27(35)21-15-22(16-11-12-16)31-28-24(21)25(33-36-28)17-7-4-3-5-8-17/h3-10,13-16H,2,11-12H2,1H3,(H,30,35)(H,29,32,34). The van der Waals surface area contributed by atoms with E-state index < -0.39 is 0 Å². The number of rotatable bonds is 6. The van der Waals surface area contributed by atoms with E-state index >= 15 is 0 Å². The van der Waals surface area contributed by atoms with Crippen molar-refractivity contribution in [3.63, 3.8) is 0 Å². The Morgan fingerprint density at radius 2 is 1.83 bits per heavy atom. The highest BCUT2D eigenvalue weighted by Gasteiger charge is 2.29. The lowest BCUT2D eigenvalue weighted by atomic mass is 10.0. The summed E-state index contributed by atoms with van der Waals surface area (Å²) in [5.74, 6) is 0.511. The second-order valence-corrected chi connectivity index (χ2v) is 8.92. The molecule has 36 heavy (non-hydrogen) atoms. The number of carbonyl (C=O) groups is 1. The van der Waals surface area contributed by atoms with Crippen molar-refractivity contribution in [3.8, 4) is 22.6 Å². The number of hydrogen-bond acceptors (Lipinski definition) is 6. The Labute approximate surface area is 206 Å². The molecule has 1 amide bonds. The number of nitrogens with zero attached hydrogens (tertiary/aromatic N) is 3. The molecule has 1 fully saturated rings. The lowest BCUT2D eigenvalue weighted by Gasteiger charge is -2.10. The number of H-pyrrole nitrogens is 1. The van der Waals surface area contributed by atoms with Gasteiger partial charge in [-0.15, -0.1) is 0 Å². The van der Waals surface area contributed by atoms with Crippen molar-refractivity contribution in [1.82, 2.24) is 20.1 Å². The van der Waals surface area contributed by atoms with Crippen molar-refractivity contribution >= 4 is 22.7 Å². The predicted octanol–water partition coefficient (Wildman–Crippen LogP) is 5.33. The minimum atomic E-state index is -0.286. The first-order chi connectivity index (χ1) is 17.6. The van der Waals surface area contributed by atoms with Crippen LogP contribution in [0.15, 0.2) is 76.0 Å². The van der Waals surface area contributed by atoms with Crippen LogP contribution >= 0.6 is 0 Å². The van der Waals surface area contributed by atoms with Crippen molar-refractivity contribution in [2.75, 3.05) is 5.32 Å². The third kappa shape index (κ3) is 4.17. The fourth-order valence-corrected chi connectivity index (χ4v) is 4.30. The molecule has 5 aromatic rings. The zero-order chi connectivity index (χ0) is 24.6. The number of aromatic nitrogens is 4. The summed E-state index contributed by atoms with van der Waals surface area (Å²) in [4.78, 5) is 37.6. The van der Waals surface area contributed by atoms with Gasteiger partial charge >= 0.3 is 0 Å². The molecule has 0 unspecified atom stereocenters. The van der Waals surface area contributed by atoms with Gasteiger partial charge in [0.2, 0.25) is 0 Å². The highest BCUT2D eigenvalue weighted by atomic mass is 16.5. The summed E-state index contributed by atoms with van der Waals surface area (Å²) in [6, 6.07) is 20.2. The van der Waals surface area contributed by atoms with Crippen molar-refractivity contribution < 1.29 is 9.32 Å². The van der Waals surface area contributed by atoms with E-state index in [1.165, 1.54) is 6.07 Å². The van der Waals surface area contributed by atoms with E-state index in [1.807, 2.05) is 55.5 Å². The van der Waals surface area contributed by atoms with Gasteiger partial charge < -0.3 is 14.8 Å². The molecule has 2 aromatic carbocycles. The molecule has 1 aliphatic carbocycles. The van der Waals surface area contributed by atoms with Gasteiger partial charge in [0, 0.05) is 40.2 Å². The van der Waals surface area contributed by atoms with Gasteiger partial charge in [0.25, 0.3) is 17.2 Å². The molecule has 8 heteroatoms. The zero-order valence-electron chi connectivity index (χ0n) is 19.6. The van der Waals surface area contributed by atoms with Gasteiger partial charge in [-0.2, -0.15) is 0 Å². The monoisotopic (exact) mass is 477 g/mol. The van der Waals surface area contributed by atoms with E-state index in [0.717, 1.165) is 24.1 Å². The molecule has 0 spiro atoms. The molecule has 3 heterocycles. The van der Waals surface area contributed by atoms with E-state index in [1.54, 1.807) is 12.1 Å². The normalized spacial score (nSPS) is 13.1. The molecule has 1 saturated carbocycles. The number of hydrogen-bond donors (Lipinski definition) is 2. The first-order valence-electron chi connectivity index (χ1n) is 12.0. The molecule has 178 valence electrons. The molecule has 6 rings (SSSR count). The number of nitrogens with one attached hydrogen (secondary N) is 2. The summed E-state index contributed by atoms with van der Waals surface area (Å²) in [7, 11) is 0. The van der Waals surface area contributed by atoms with Gasteiger partial charge in [0.05, 0.1) is 10.9 Å². The molecule has 0 atom stereocenters. The molecule has 0 aliphatic heterocycles. The Hall–Kier alpha value is -4.59. The fourth-order valence-electron chi connectivity index (χ4n) is 4.30. The summed E-state index contributed by atoms with van der Waals surface area (Å²) in [5, 5.41) is 7.84. The van der Waals surface area contributed by atoms with Gasteiger partial charge in [0.1, 0.15) is 11.5 Å². The topological polar surface area (TPSA) is 114 Å². The van der Waals surface area contributed by atoms with Crippen LogP contribution < -0.4 is 10.9 Å². The van der Waals surface area contributed by atoms with E-state index in [-0.39, 0.29) is 11.5 Å². The van der Waals surface area contributed by atoms with Crippen LogP contribution in [0.5, 0.6) is 0 Å². The van der Waals surface area contributed by atoms with Gasteiger partial charge in [-0.25, -0.2) is 9.97 Å². The van der Waals surface area contributed by atoms with Crippen molar-refractivity contribution in [1.29, 1.82) is 0 Å². The van der Waals surface area contributed by atoms with Crippen molar-refractivity contribution in [3.05, 3.63) is 94.0 Å². The Morgan fingerprint density at radius 1 is 1.03 bits per heavy atom. The zero-order valence-corrected chi connectivity index (χ0v) is 19.6. The van der Waals surface area contributed by atoms with E-state index in [0.29, 0.717) is 57.5 Å². The molecule has 0 radical (unpaired) electrons. The highest BCUT2D eigenvalue weighted by Crippen LogP contribution is 2.41. The van der Waals surface area contributed by atoms with Crippen LogP contribution in [0, 0.1) is 0 Å². The highest BCUT2D eigenvalue weighted by molar-refractivity contribution is 6.14. The number of fused-ring (bicyclic) bond motifs is 1. The number of carbonyl (C=O) groups excluding carboxylic acids is 1. The quantitative estimate of drug-likeness (QED) is 0.342. The Kier molecular flexibility index (Phi) is 5.41. The molecule has 1 aliphatic rings. The molecular weight excluding hydrogens is 454 g/mol. The van der Waals surface area contributed by atoms with Gasteiger partial charge in [-0.3, -0.25) is 9.59 Å². The summed E-state index contributed by atoms with van der Waals surface area (Å²) in [6.45, 7) is 1.95. The van der Waals surface area contributed by atoms with Crippen LogP contribution in [-0.2, 0) is 6.42 Å². The Balaban J connectivity index is 1.40. The maximum absolute atomic E-state index is 13.6. The van der Waals surface area contributed by atoms with Gasteiger partial charge in [-0.05, 0) is 37.5 Å². The molecule has 0 bridgehead atoms. The number of pyridine rings is 1. The molecule has 8 nitrogen and oxygen atoms in total. The summed E-state index contributed by atoms with van der Waals surface area (Å²) in [6.07, 6.45) is 2.74. The van der Waals surface area contributed by atoms with E-state index in [2.05, 4.69) is 25.4 Å². The maximum Gasteiger partial charge on any atom is 0.259 e. The largest absolute Gasteiger partial charge is 0.335 e. The third-order valence-electron chi connectivity index (χ3n) is 6.30. The number of aryl methyl sites for hydroxylation is 1. The SMILES string of the molecule is CCc1cc(=O)[nH]c(-c2cccc(NC(=O)c3cc(C4CC4)nc4onc(-c5ccccc5)c34)c2)n1. The second kappa shape index (κ2) is 8.88. The first kappa shape index (κ1) is 21.9. The van der Waals surface area contributed by atoms with Crippen LogP contribution in [0.1, 0.15) is 47.4 Å². The minimum Gasteiger partial charge on any atom is -0.335 e. The minimum absolute atomic E-state index is 0.209. The lowest BCUT2D eigenvalue weighted by molar-refractivity contribution is 0.102. The van der Waals surface area contributed by atoms with Gasteiger partial charge in [-0.1, -0.05) is 54.5 Å². The fraction of sp³-hybridized carbons (Fsp3) is 0.179. The number of anilines is 1. The molecule has 0 saturated heterocycles. The predicted molar refractivity (Wildman–Crippen MR) is 137 cm³/mol. The summed E-state index contributed by atoms with van der Waals surface area (Å²) < 4.78 is 5.59. The number of benzene rings is 2. The second-order valence-electron chi connectivity index (χ2n) is 8.92. The van der Waals surface area contributed by atoms with Crippen molar-refractivity contribution in [2.45, 2.75) is 32.1 Å². The molecular formula is C28H23N5O3. The summed E-state index contributed by atoms with van der Waals surface area (Å²) in [5.41, 5.74) is 4.87. The van der Waals surface area contributed by atoms with Gasteiger partial charge in [0.15, 0.2) is 0 Å². The van der Waals surface area contributed by atoms with Crippen LogP contribution in [0.4, 0.5) is 5.69 Å². The van der Waals surface area contributed by atoms with Crippen LogP contribution in [0.2, 0.25) is 0 Å². The van der Waals surface area contributed by atoms with Crippen molar-refractivity contribution in [2.24, 2.45) is 0 Å². The number of aromatic amines is 1. The first-order valence-corrected chi connectivity index (χ1v) is 12.0. The van der Waals surface area contributed by atoms with E-state index in [9.17, 15) is 9.59 Å². The van der Waals surface area contributed by atoms with E-state index in [4.69, 9.17) is 4.52 Å². The average molecular weight is 478 g/mol. The van der Waals surface area contributed by atoms with Crippen LogP contribution in [0.25, 0.3) is 33.7 Å². The molecule has 2 N–H and O–H groups in total. The average Bonchev–Trinajstić information content (AvgIpc) is 3.67. The maximum atomic E-state index is 13.6. The number of amides is 1. The third-order valence-corrected chi connectivity index (χ3v) is 6.30. The van der Waals surface area contributed by atoms with Crippen LogP contribution in [0.3, 0.4) is 0 Å². The lowest BCUT2D eigenvalue weighted by Crippen LogP contribution is -2.14. The molecule has 3 aromatic heterocycles. The van der Waals surface area contributed by atoms with Crippen LogP contribution in [-0.4, -0.2) is 26.0 Å².